The van der Waals surface area contributed by atoms with Crippen molar-refractivity contribution >= 4 is 11.9 Å². The Balaban J connectivity index is 1.36. The van der Waals surface area contributed by atoms with Crippen LogP contribution in [0.3, 0.4) is 0 Å². The molecule has 2 bridgehead atoms. The Hall–Kier alpha value is -2.66. The van der Waals surface area contributed by atoms with Gasteiger partial charge in [0.1, 0.15) is 12.2 Å². The summed E-state index contributed by atoms with van der Waals surface area (Å²) in [4.78, 5) is 26.0. The number of carbonyl (C=O) groups excluding carboxylic acids is 2. The molecule has 174 valence electrons. The highest BCUT2D eigenvalue weighted by Crippen LogP contribution is 2.59. The van der Waals surface area contributed by atoms with E-state index in [0.29, 0.717) is 29.5 Å². The van der Waals surface area contributed by atoms with Crippen LogP contribution in [0.2, 0.25) is 0 Å². The van der Waals surface area contributed by atoms with E-state index >= 15 is 0 Å². The molecule has 0 amide bonds. The first-order chi connectivity index (χ1) is 16.1. The first kappa shape index (κ1) is 22.1. The maximum atomic E-state index is 13.0. The number of rotatable bonds is 6. The van der Waals surface area contributed by atoms with Crippen molar-refractivity contribution in [1.29, 1.82) is 0 Å². The molecule has 2 aromatic rings. The number of esters is 2. The molecule has 3 aliphatic rings. The normalized spacial score (nSPS) is 30.0. The van der Waals surface area contributed by atoms with Gasteiger partial charge < -0.3 is 15.2 Å². The number of hydrogen-bond acceptors (Lipinski definition) is 5. The van der Waals surface area contributed by atoms with Crippen molar-refractivity contribution in [3.8, 4) is 0 Å². The minimum Gasteiger partial charge on any atom is -0.455 e. The topological polar surface area (TPSA) is 78.6 Å². The van der Waals surface area contributed by atoms with E-state index in [-0.39, 0.29) is 36.0 Å². The highest BCUT2D eigenvalue weighted by Gasteiger charge is 2.61. The average molecular weight is 448 g/mol. The summed E-state index contributed by atoms with van der Waals surface area (Å²) in [5.41, 5.74) is 8.89. The summed E-state index contributed by atoms with van der Waals surface area (Å²) >= 11 is 0. The Labute approximate surface area is 195 Å². The molecular weight excluding hydrogens is 414 g/mol. The summed E-state index contributed by atoms with van der Waals surface area (Å²) in [5.74, 6) is 1.01. The fourth-order valence-electron chi connectivity index (χ4n) is 6.50. The second kappa shape index (κ2) is 9.30. The maximum absolute atomic E-state index is 13.0. The Morgan fingerprint density at radius 1 is 0.758 bits per heavy atom. The third-order valence-electron chi connectivity index (χ3n) is 8.20. The van der Waals surface area contributed by atoms with Crippen LogP contribution in [0.4, 0.5) is 0 Å². The lowest BCUT2D eigenvalue weighted by Crippen LogP contribution is -2.47. The van der Waals surface area contributed by atoms with Gasteiger partial charge in [0, 0.05) is 18.4 Å². The van der Waals surface area contributed by atoms with Crippen molar-refractivity contribution in [1.82, 2.24) is 0 Å². The maximum Gasteiger partial charge on any atom is 0.338 e. The zero-order valence-electron chi connectivity index (χ0n) is 19.2. The molecule has 0 saturated heterocycles. The summed E-state index contributed by atoms with van der Waals surface area (Å²) < 4.78 is 12.2. The second-order valence-electron chi connectivity index (χ2n) is 9.87. The third kappa shape index (κ3) is 4.19. The van der Waals surface area contributed by atoms with Crippen molar-refractivity contribution in [2.24, 2.45) is 29.4 Å². The minimum absolute atomic E-state index is 0.271. The molecule has 6 atom stereocenters. The summed E-state index contributed by atoms with van der Waals surface area (Å²) in [5, 5.41) is 0. The summed E-state index contributed by atoms with van der Waals surface area (Å²) in [6.07, 6.45) is 5.99. The highest BCUT2D eigenvalue weighted by atomic mass is 16.6. The first-order valence-corrected chi connectivity index (χ1v) is 12.4. The van der Waals surface area contributed by atoms with Gasteiger partial charge in [0.05, 0.1) is 11.1 Å². The molecule has 33 heavy (non-hydrogen) atoms. The second-order valence-corrected chi connectivity index (χ2v) is 9.87. The molecule has 5 nitrogen and oxygen atoms in total. The SMILES string of the molecule is CCc1ccc(C(=O)OC2C3CC(C4CCCCC43)C2OC(=O)c2ccc(CN)cc2)cc1. The molecule has 3 saturated carbocycles. The lowest BCUT2D eigenvalue weighted by molar-refractivity contribution is -0.0872. The van der Waals surface area contributed by atoms with E-state index in [1.54, 1.807) is 12.1 Å². The predicted octanol–water partition coefficient (Wildman–Crippen LogP) is 4.91. The molecule has 0 radical (unpaired) electrons. The standard InChI is InChI=1S/C28H33NO4/c1-2-17-7-11-19(12-8-17)27(30)32-25-23-15-24(22-6-4-3-5-21(22)23)26(25)33-28(31)20-13-9-18(16-29)10-14-20/h7-14,21-26H,2-6,15-16,29H2,1H3. The van der Waals surface area contributed by atoms with Gasteiger partial charge in [0.2, 0.25) is 0 Å². The van der Waals surface area contributed by atoms with E-state index in [0.717, 1.165) is 18.4 Å². The number of hydrogen-bond donors (Lipinski definition) is 1. The van der Waals surface area contributed by atoms with E-state index < -0.39 is 0 Å². The molecule has 5 heteroatoms. The number of nitrogens with two attached hydrogens (primary N) is 1. The molecule has 6 unspecified atom stereocenters. The van der Waals surface area contributed by atoms with E-state index in [1.165, 1.54) is 31.2 Å². The Kier molecular flexibility index (Phi) is 6.24. The van der Waals surface area contributed by atoms with E-state index in [2.05, 4.69) is 6.92 Å². The molecule has 0 aromatic heterocycles. The summed E-state index contributed by atoms with van der Waals surface area (Å²) in [7, 11) is 0. The van der Waals surface area contributed by atoms with Gasteiger partial charge in [-0.3, -0.25) is 0 Å². The molecule has 0 spiro atoms. The monoisotopic (exact) mass is 447 g/mol. The number of fused-ring (bicyclic) bond motifs is 5. The van der Waals surface area contributed by atoms with E-state index in [1.807, 2.05) is 36.4 Å². The summed E-state index contributed by atoms with van der Waals surface area (Å²) in [6.45, 7) is 2.52. The Morgan fingerprint density at radius 2 is 1.21 bits per heavy atom. The van der Waals surface area contributed by atoms with Gasteiger partial charge >= 0.3 is 11.9 Å². The Bertz CT molecular complexity index is 918. The van der Waals surface area contributed by atoms with Crippen LogP contribution < -0.4 is 5.73 Å². The summed E-state index contributed by atoms with van der Waals surface area (Å²) in [6, 6.07) is 14.8. The van der Waals surface area contributed by atoms with Gasteiger partial charge in [0.25, 0.3) is 0 Å². The van der Waals surface area contributed by atoms with Crippen molar-refractivity contribution in [2.45, 2.75) is 64.2 Å². The average Bonchev–Trinajstić information content (AvgIpc) is 3.41. The third-order valence-corrected chi connectivity index (χ3v) is 8.20. The lowest BCUT2D eigenvalue weighted by atomic mass is 9.69. The van der Waals surface area contributed by atoms with Crippen LogP contribution in [0.1, 0.15) is 70.9 Å². The highest BCUT2D eigenvalue weighted by molar-refractivity contribution is 5.90. The first-order valence-electron chi connectivity index (χ1n) is 12.4. The molecule has 3 aliphatic carbocycles. The zero-order valence-corrected chi connectivity index (χ0v) is 19.2. The van der Waals surface area contributed by atoms with Crippen LogP contribution in [0.25, 0.3) is 0 Å². The molecule has 5 rings (SSSR count). The molecule has 2 N–H and O–H groups in total. The van der Waals surface area contributed by atoms with Gasteiger partial charge in [-0.1, -0.05) is 44.0 Å². The van der Waals surface area contributed by atoms with E-state index in [4.69, 9.17) is 15.2 Å². The Morgan fingerprint density at radius 3 is 1.64 bits per heavy atom. The minimum atomic E-state index is -0.380. The number of ether oxygens (including phenoxy) is 2. The van der Waals surface area contributed by atoms with Crippen molar-refractivity contribution in [3.63, 3.8) is 0 Å². The fraction of sp³-hybridized carbons (Fsp3) is 0.500. The zero-order chi connectivity index (χ0) is 22.9. The number of carbonyl (C=O) groups is 2. The van der Waals surface area contributed by atoms with Crippen molar-refractivity contribution < 1.29 is 19.1 Å². The van der Waals surface area contributed by atoms with Crippen molar-refractivity contribution in [2.75, 3.05) is 0 Å². The number of aryl methyl sites for hydroxylation is 1. The molecule has 0 aliphatic heterocycles. The quantitative estimate of drug-likeness (QED) is 0.636. The van der Waals surface area contributed by atoms with Gasteiger partial charge in [-0.05, 0) is 72.9 Å². The molecule has 0 heterocycles. The van der Waals surface area contributed by atoms with Crippen LogP contribution in [-0.4, -0.2) is 24.1 Å². The van der Waals surface area contributed by atoms with Crippen LogP contribution in [0.5, 0.6) is 0 Å². The molecular formula is C28H33NO4. The lowest BCUT2D eigenvalue weighted by Gasteiger charge is -2.42. The van der Waals surface area contributed by atoms with Crippen LogP contribution in [0, 0.1) is 23.7 Å². The van der Waals surface area contributed by atoms with Gasteiger partial charge in [0.15, 0.2) is 0 Å². The van der Waals surface area contributed by atoms with Crippen LogP contribution >= 0.6 is 0 Å². The fourth-order valence-corrected chi connectivity index (χ4v) is 6.50. The predicted molar refractivity (Wildman–Crippen MR) is 126 cm³/mol. The van der Waals surface area contributed by atoms with Crippen LogP contribution in [-0.2, 0) is 22.4 Å². The van der Waals surface area contributed by atoms with Crippen LogP contribution in [0.15, 0.2) is 48.5 Å². The smallest absolute Gasteiger partial charge is 0.338 e. The van der Waals surface area contributed by atoms with E-state index in [9.17, 15) is 9.59 Å². The van der Waals surface area contributed by atoms with Crippen molar-refractivity contribution in [3.05, 3.63) is 70.8 Å². The van der Waals surface area contributed by atoms with Gasteiger partial charge in [-0.2, -0.15) is 0 Å². The van der Waals surface area contributed by atoms with Gasteiger partial charge in [-0.15, -0.1) is 0 Å². The number of benzene rings is 2. The van der Waals surface area contributed by atoms with Gasteiger partial charge in [-0.25, -0.2) is 9.59 Å². The largest absolute Gasteiger partial charge is 0.455 e. The molecule has 2 aromatic carbocycles. The molecule has 3 fully saturated rings.